The molecule has 0 spiro atoms. The second kappa shape index (κ2) is 5.35. The summed E-state index contributed by atoms with van der Waals surface area (Å²) < 4.78 is 5.10. The standard InChI is InChI=1S/C7H9BrN4O3/c1-2-15-7(14)11-6(13)10-5-4(8)3-9-12-5/h3H,2H2,1H3,(H3,9,10,11,12,13,14). The van der Waals surface area contributed by atoms with Crippen molar-refractivity contribution in [2.75, 3.05) is 11.9 Å². The summed E-state index contributed by atoms with van der Waals surface area (Å²) >= 11 is 3.14. The van der Waals surface area contributed by atoms with Gasteiger partial charge >= 0.3 is 12.1 Å². The first kappa shape index (κ1) is 11.5. The van der Waals surface area contributed by atoms with Crippen molar-refractivity contribution in [2.24, 2.45) is 0 Å². The highest BCUT2D eigenvalue weighted by Gasteiger charge is 2.10. The van der Waals surface area contributed by atoms with Crippen molar-refractivity contribution in [2.45, 2.75) is 6.92 Å². The Morgan fingerprint density at radius 2 is 2.40 bits per heavy atom. The number of amides is 3. The topological polar surface area (TPSA) is 96.1 Å². The van der Waals surface area contributed by atoms with Gasteiger partial charge in [0.25, 0.3) is 0 Å². The molecule has 0 radical (unpaired) electrons. The number of carbonyl (C=O) groups excluding carboxylic acids is 2. The van der Waals surface area contributed by atoms with Gasteiger partial charge < -0.3 is 4.74 Å². The van der Waals surface area contributed by atoms with Crippen molar-refractivity contribution >= 4 is 33.9 Å². The summed E-state index contributed by atoms with van der Waals surface area (Å²) in [6, 6.07) is -0.696. The lowest BCUT2D eigenvalue weighted by Crippen LogP contribution is -2.34. The number of hydrogen-bond acceptors (Lipinski definition) is 4. The number of H-pyrrole nitrogens is 1. The number of anilines is 1. The third-order valence-electron chi connectivity index (χ3n) is 1.32. The lowest BCUT2D eigenvalue weighted by Gasteiger charge is -2.04. The Morgan fingerprint density at radius 3 is 2.93 bits per heavy atom. The Balaban J connectivity index is 2.43. The molecule has 0 aromatic carbocycles. The van der Waals surface area contributed by atoms with Gasteiger partial charge in [-0.1, -0.05) is 0 Å². The predicted molar refractivity (Wildman–Crippen MR) is 55.5 cm³/mol. The molecule has 0 aliphatic rings. The molecular weight excluding hydrogens is 268 g/mol. The van der Waals surface area contributed by atoms with Crippen molar-refractivity contribution in [3.05, 3.63) is 10.7 Å². The van der Waals surface area contributed by atoms with Crippen LogP contribution in [0.5, 0.6) is 0 Å². The number of aromatic nitrogens is 2. The highest BCUT2D eigenvalue weighted by molar-refractivity contribution is 9.10. The maximum absolute atomic E-state index is 11.2. The number of nitrogens with zero attached hydrogens (tertiary/aromatic N) is 1. The molecule has 0 aliphatic heterocycles. The van der Waals surface area contributed by atoms with Crippen LogP contribution in [0.15, 0.2) is 10.7 Å². The minimum absolute atomic E-state index is 0.201. The molecule has 0 fully saturated rings. The number of ether oxygens (including phenoxy) is 1. The molecule has 0 saturated carbocycles. The van der Waals surface area contributed by atoms with Crippen LogP contribution in [-0.2, 0) is 4.74 Å². The number of alkyl carbamates (subject to hydrolysis) is 1. The van der Waals surface area contributed by atoms with E-state index in [2.05, 4.69) is 36.2 Å². The van der Waals surface area contributed by atoms with Gasteiger partial charge in [0.2, 0.25) is 0 Å². The first-order chi connectivity index (χ1) is 7.13. The highest BCUT2D eigenvalue weighted by Crippen LogP contribution is 2.17. The van der Waals surface area contributed by atoms with Crippen LogP contribution >= 0.6 is 15.9 Å². The van der Waals surface area contributed by atoms with Crippen molar-refractivity contribution in [3.8, 4) is 0 Å². The summed E-state index contributed by atoms with van der Waals surface area (Å²) in [5, 5.41) is 10.5. The first-order valence-corrected chi connectivity index (χ1v) is 4.86. The quantitative estimate of drug-likeness (QED) is 0.762. The van der Waals surface area contributed by atoms with E-state index in [0.29, 0.717) is 10.3 Å². The molecular formula is C7H9BrN4O3. The van der Waals surface area contributed by atoms with Crippen molar-refractivity contribution in [1.29, 1.82) is 0 Å². The van der Waals surface area contributed by atoms with E-state index in [1.807, 2.05) is 5.32 Å². The number of imide groups is 1. The third-order valence-corrected chi connectivity index (χ3v) is 1.92. The van der Waals surface area contributed by atoms with Crippen LogP contribution in [0.25, 0.3) is 0 Å². The van der Waals surface area contributed by atoms with E-state index in [-0.39, 0.29) is 6.61 Å². The fourth-order valence-corrected chi connectivity index (χ4v) is 1.05. The second-order valence-electron chi connectivity index (χ2n) is 2.39. The van der Waals surface area contributed by atoms with Gasteiger partial charge in [-0.25, -0.2) is 14.9 Å². The maximum Gasteiger partial charge on any atom is 0.415 e. The zero-order chi connectivity index (χ0) is 11.3. The average molecular weight is 277 g/mol. The molecule has 15 heavy (non-hydrogen) atoms. The van der Waals surface area contributed by atoms with E-state index in [0.717, 1.165) is 0 Å². The molecule has 82 valence electrons. The molecule has 0 aliphatic carbocycles. The molecule has 3 N–H and O–H groups in total. The molecule has 1 aromatic rings. The van der Waals surface area contributed by atoms with Gasteiger partial charge in [-0.2, -0.15) is 5.10 Å². The third kappa shape index (κ3) is 3.58. The van der Waals surface area contributed by atoms with Crippen molar-refractivity contribution in [1.82, 2.24) is 15.5 Å². The van der Waals surface area contributed by atoms with Crippen molar-refractivity contribution in [3.63, 3.8) is 0 Å². The van der Waals surface area contributed by atoms with Gasteiger partial charge in [0.15, 0.2) is 0 Å². The van der Waals surface area contributed by atoms with Crippen molar-refractivity contribution < 1.29 is 14.3 Å². The van der Waals surface area contributed by atoms with Gasteiger partial charge in [0.1, 0.15) is 5.82 Å². The number of rotatable bonds is 2. The van der Waals surface area contributed by atoms with Gasteiger partial charge in [0.05, 0.1) is 17.3 Å². The SMILES string of the molecule is CCOC(=O)NC(=O)Nc1[nH]ncc1Br. The summed E-state index contributed by atoms with van der Waals surface area (Å²) in [6.45, 7) is 1.84. The maximum atomic E-state index is 11.2. The van der Waals surface area contributed by atoms with Crippen LogP contribution in [0.2, 0.25) is 0 Å². The molecule has 7 nitrogen and oxygen atoms in total. The predicted octanol–water partition coefficient (Wildman–Crippen LogP) is 1.45. The van der Waals surface area contributed by atoms with Gasteiger partial charge in [0, 0.05) is 0 Å². The van der Waals surface area contributed by atoms with E-state index >= 15 is 0 Å². The Bertz CT molecular complexity index is 365. The number of urea groups is 1. The molecule has 0 bridgehead atoms. The Kier molecular flexibility index (Phi) is 4.10. The first-order valence-electron chi connectivity index (χ1n) is 4.07. The van der Waals surface area contributed by atoms with Crippen LogP contribution in [0.1, 0.15) is 6.92 Å². The number of hydrogen-bond donors (Lipinski definition) is 3. The summed E-state index contributed by atoms with van der Waals surface area (Å²) in [5.41, 5.74) is 0. The lowest BCUT2D eigenvalue weighted by atomic mass is 10.6. The van der Waals surface area contributed by atoms with Gasteiger partial charge in [-0.05, 0) is 22.9 Å². The van der Waals surface area contributed by atoms with Crippen LogP contribution in [0, 0.1) is 0 Å². The molecule has 1 aromatic heterocycles. The van der Waals surface area contributed by atoms with E-state index in [4.69, 9.17) is 0 Å². The fourth-order valence-electron chi connectivity index (χ4n) is 0.764. The minimum atomic E-state index is -0.800. The van der Waals surface area contributed by atoms with E-state index in [9.17, 15) is 9.59 Å². The molecule has 0 atom stereocenters. The Morgan fingerprint density at radius 1 is 1.67 bits per heavy atom. The Hall–Kier alpha value is -1.57. The molecule has 1 heterocycles. The van der Waals surface area contributed by atoms with E-state index in [1.165, 1.54) is 6.20 Å². The van der Waals surface area contributed by atoms with Crippen LogP contribution < -0.4 is 10.6 Å². The van der Waals surface area contributed by atoms with Gasteiger partial charge in [-0.15, -0.1) is 0 Å². The highest BCUT2D eigenvalue weighted by atomic mass is 79.9. The summed E-state index contributed by atoms with van der Waals surface area (Å²) in [5.74, 6) is 0.358. The number of halogens is 1. The normalized spacial score (nSPS) is 9.47. The molecule has 0 unspecified atom stereocenters. The van der Waals surface area contributed by atoms with Gasteiger partial charge in [-0.3, -0.25) is 10.4 Å². The van der Waals surface area contributed by atoms with Crippen LogP contribution in [0.3, 0.4) is 0 Å². The number of aromatic amines is 1. The molecule has 1 rings (SSSR count). The molecule has 0 saturated heterocycles. The largest absolute Gasteiger partial charge is 0.450 e. The minimum Gasteiger partial charge on any atom is -0.450 e. The number of nitrogens with one attached hydrogen (secondary N) is 3. The zero-order valence-corrected chi connectivity index (χ0v) is 9.42. The number of carbonyl (C=O) groups is 2. The monoisotopic (exact) mass is 276 g/mol. The summed E-state index contributed by atoms with van der Waals surface area (Å²) in [6.07, 6.45) is 0.672. The van der Waals surface area contributed by atoms with E-state index < -0.39 is 12.1 Å². The molecule has 8 heteroatoms. The zero-order valence-electron chi connectivity index (χ0n) is 7.83. The van der Waals surface area contributed by atoms with Crippen LogP contribution in [0.4, 0.5) is 15.4 Å². The smallest absolute Gasteiger partial charge is 0.415 e. The summed E-state index contributed by atoms with van der Waals surface area (Å²) in [4.78, 5) is 22.0. The molecule has 3 amide bonds. The lowest BCUT2D eigenvalue weighted by molar-refractivity contribution is 0.154. The van der Waals surface area contributed by atoms with E-state index in [1.54, 1.807) is 6.92 Å². The van der Waals surface area contributed by atoms with Crippen LogP contribution in [-0.4, -0.2) is 28.9 Å². The average Bonchev–Trinajstić information content (AvgIpc) is 2.52. The summed E-state index contributed by atoms with van der Waals surface area (Å²) in [7, 11) is 0. The Labute approximate surface area is 93.7 Å². The fraction of sp³-hybridized carbons (Fsp3) is 0.286. The second-order valence-corrected chi connectivity index (χ2v) is 3.25.